The zero-order valence-corrected chi connectivity index (χ0v) is 14.4. The van der Waals surface area contributed by atoms with Crippen molar-refractivity contribution in [1.29, 1.82) is 0 Å². The molecule has 0 fully saturated rings. The first-order valence-electron chi connectivity index (χ1n) is 7.31. The summed E-state index contributed by atoms with van der Waals surface area (Å²) in [7, 11) is -0.765. The molecular weight excluding hydrogens is 328 g/mol. The Morgan fingerprint density at radius 2 is 1.71 bits per heavy atom. The highest BCUT2D eigenvalue weighted by molar-refractivity contribution is 7.89. The number of sulfonamides is 1. The molecule has 24 heavy (non-hydrogen) atoms. The molecule has 1 atom stereocenters. The first-order chi connectivity index (χ1) is 11.4. The van der Waals surface area contributed by atoms with Gasteiger partial charge >= 0.3 is 0 Å². The number of benzene rings is 2. The number of primary amides is 1. The Bertz CT molecular complexity index is 789. The van der Waals surface area contributed by atoms with E-state index in [4.69, 9.17) is 10.5 Å². The van der Waals surface area contributed by atoms with Crippen molar-refractivity contribution in [2.24, 2.45) is 5.73 Å². The summed E-state index contributed by atoms with van der Waals surface area (Å²) in [4.78, 5) is 11.6. The van der Waals surface area contributed by atoms with Crippen LogP contribution in [0.5, 0.6) is 5.75 Å². The van der Waals surface area contributed by atoms with Gasteiger partial charge in [-0.2, -0.15) is 4.31 Å². The Hall–Kier alpha value is -2.38. The van der Waals surface area contributed by atoms with E-state index in [0.717, 1.165) is 0 Å². The molecule has 2 aromatic rings. The average Bonchev–Trinajstić information content (AvgIpc) is 2.60. The van der Waals surface area contributed by atoms with Crippen LogP contribution >= 0.6 is 0 Å². The third kappa shape index (κ3) is 3.93. The van der Waals surface area contributed by atoms with Gasteiger partial charge in [0.2, 0.25) is 15.9 Å². The normalized spacial score (nSPS) is 12.8. The van der Waals surface area contributed by atoms with E-state index in [-0.39, 0.29) is 11.3 Å². The molecule has 0 aliphatic heterocycles. The zero-order chi connectivity index (χ0) is 17.7. The van der Waals surface area contributed by atoms with Gasteiger partial charge in [-0.3, -0.25) is 4.79 Å². The van der Waals surface area contributed by atoms with Gasteiger partial charge in [-0.25, -0.2) is 8.42 Å². The van der Waals surface area contributed by atoms with Crippen LogP contribution in [0, 0.1) is 0 Å². The van der Waals surface area contributed by atoms with Crippen molar-refractivity contribution in [3.63, 3.8) is 0 Å². The number of nitrogens with two attached hydrogens (primary N) is 1. The molecule has 0 saturated heterocycles. The summed E-state index contributed by atoms with van der Waals surface area (Å²) in [5, 5.41) is 0. The van der Waals surface area contributed by atoms with Gasteiger partial charge in [0, 0.05) is 13.5 Å². The molecule has 6 nitrogen and oxygen atoms in total. The smallest absolute Gasteiger partial charge is 0.243 e. The molecule has 0 radical (unpaired) electrons. The van der Waals surface area contributed by atoms with E-state index in [0.29, 0.717) is 11.3 Å². The molecule has 7 heteroatoms. The van der Waals surface area contributed by atoms with E-state index in [1.807, 2.05) is 0 Å². The Balaban J connectivity index is 2.41. The molecule has 0 heterocycles. The first-order valence-corrected chi connectivity index (χ1v) is 8.75. The molecule has 2 rings (SSSR count). The van der Waals surface area contributed by atoms with E-state index in [1.54, 1.807) is 49.6 Å². The monoisotopic (exact) mass is 348 g/mol. The van der Waals surface area contributed by atoms with E-state index in [2.05, 4.69) is 0 Å². The van der Waals surface area contributed by atoms with E-state index < -0.39 is 22.0 Å². The molecular formula is C17H20N2O4S. The van der Waals surface area contributed by atoms with Gasteiger partial charge in [0.15, 0.2) is 0 Å². The summed E-state index contributed by atoms with van der Waals surface area (Å²) in [6.45, 7) is 0. The Labute approximate surface area is 141 Å². The second kappa shape index (κ2) is 7.46. The standard InChI is InChI=1S/C17H20N2O4S/c1-19(24(21,22)15-6-4-3-5-7-15)16(12-17(18)20)13-8-10-14(23-2)11-9-13/h3-11,16H,12H2,1-2H3,(H2,18,20)/t16-/m1/s1. The van der Waals surface area contributed by atoms with Crippen LogP contribution in [0.3, 0.4) is 0 Å². The second-order valence-corrected chi connectivity index (χ2v) is 7.29. The number of hydrogen-bond donors (Lipinski definition) is 1. The largest absolute Gasteiger partial charge is 0.497 e. The topological polar surface area (TPSA) is 89.7 Å². The van der Waals surface area contributed by atoms with Crippen LogP contribution in [-0.2, 0) is 14.8 Å². The quantitative estimate of drug-likeness (QED) is 0.828. The van der Waals surface area contributed by atoms with Gasteiger partial charge in [-0.15, -0.1) is 0 Å². The summed E-state index contributed by atoms with van der Waals surface area (Å²) in [5.74, 6) is 0.0658. The summed E-state index contributed by atoms with van der Waals surface area (Å²) in [5.41, 5.74) is 5.98. The van der Waals surface area contributed by atoms with Gasteiger partial charge in [-0.1, -0.05) is 30.3 Å². The maximum atomic E-state index is 12.8. The van der Waals surface area contributed by atoms with Crippen molar-refractivity contribution in [3.8, 4) is 5.75 Å². The number of ether oxygens (including phenoxy) is 1. The summed E-state index contributed by atoms with van der Waals surface area (Å²) >= 11 is 0. The minimum Gasteiger partial charge on any atom is -0.497 e. The molecule has 0 aliphatic carbocycles. The van der Waals surface area contributed by atoms with Crippen LogP contribution in [0.25, 0.3) is 0 Å². The number of carbonyl (C=O) groups is 1. The van der Waals surface area contributed by atoms with Gasteiger partial charge < -0.3 is 10.5 Å². The minimum absolute atomic E-state index is 0.116. The van der Waals surface area contributed by atoms with Gasteiger partial charge in [0.1, 0.15) is 5.75 Å². The number of amides is 1. The lowest BCUT2D eigenvalue weighted by molar-refractivity contribution is -0.118. The lowest BCUT2D eigenvalue weighted by Crippen LogP contribution is -2.34. The first kappa shape index (κ1) is 18.0. The van der Waals surface area contributed by atoms with Crippen LogP contribution in [0.15, 0.2) is 59.5 Å². The average molecular weight is 348 g/mol. The number of carbonyl (C=O) groups excluding carboxylic acids is 1. The lowest BCUT2D eigenvalue weighted by atomic mass is 10.0. The third-order valence-corrected chi connectivity index (χ3v) is 5.63. The molecule has 2 N–H and O–H groups in total. The van der Waals surface area contributed by atoms with Crippen molar-refractivity contribution in [2.75, 3.05) is 14.2 Å². The number of methoxy groups -OCH3 is 1. The fourth-order valence-corrected chi connectivity index (χ4v) is 3.76. The number of nitrogens with zero attached hydrogens (tertiary/aromatic N) is 1. The molecule has 0 bridgehead atoms. The van der Waals surface area contributed by atoms with Crippen LogP contribution < -0.4 is 10.5 Å². The Morgan fingerprint density at radius 1 is 1.12 bits per heavy atom. The zero-order valence-electron chi connectivity index (χ0n) is 13.5. The Morgan fingerprint density at radius 3 is 2.21 bits per heavy atom. The summed E-state index contributed by atoms with van der Waals surface area (Å²) < 4.78 is 31.9. The van der Waals surface area contributed by atoms with Crippen LogP contribution in [0.4, 0.5) is 0 Å². The fraction of sp³-hybridized carbons (Fsp3) is 0.235. The molecule has 128 valence electrons. The summed E-state index contributed by atoms with van der Waals surface area (Å²) in [6, 6.07) is 14.3. The van der Waals surface area contributed by atoms with Crippen molar-refractivity contribution in [3.05, 3.63) is 60.2 Å². The SMILES string of the molecule is COc1ccc([C@@H](CC(N)=O)N(C)S(=O)(=O)c2ccccc2)cc1. The number of hydrogen-bond acceptors (Lipinski definition) is 4. The highest BCUT2D eigenvalue weighted by Crippen LogP contribution is 2.29. The highest BCUT2D eigenvalue weighted by Gasteiger charge is 2.30. The van der Waals surface area contributed by atoms with Gasteiger partial charge in [-0.05, 0) is 29.8 Å². The highest BCUT2D eigenvalue weighted by atomic mass is 32.2. The predicted molar refractivity (Wildman–Crippen MR) is 90.9 cm³/mol. The summed E-state index contributed by atoms with van der Waals surface area (Å²) in [6.07, 6.45) is -0.116. The van der Waals surface area contributed by atoms with E-state index in [1.165, 1.54) is 23.5 Å². The van der Waals surface area contributed by atoms with E-state index in [9.17, 15) is 13.2 Å². The lowest BCUT2D eigenvalue weighted by Gasteiger charge is -2.27. The van der Waals surface area contributed by atoms with Gasteiger partial charge in [0.05, 0.1) is 18.0 Å². The molecule has 0 unspecified atom stereocenters. The minimum atomic E-state index is -3.75. The van der Waals surface area contributed by atoms with Crippen LogP contribution in [-0.4, -0.2) is 32.8 Å². The molecule has 0 saturated carbocycles. The second-order valence-electron chi connectivity index (χ2n) is 5.29. The third-order valence-electron chi connectivity index (χ3n) is 3.75. The van der Waals surface area contributed by atoms with Crippen LogP contribution in [0.1, 0.15) is 18.0 Å². The molecule has 1 amide bonds. The van der Waals surface area contributed by atoms with Crippen molar-refractivity contribution in [1.82, 2.24) is 4.31 Å². The predicted octanol–water partition coefficient (Wildman–Crippen LogP) is 1.93. The van der Waals surface area contributed by atoms with E-state index >= 15 is 0 Å². The fourth-order valence-electron chi connectivity index (χ4n) is 2.40. The molecule has 2 aromatic carbocycles. The Kier molecular flexibility index (Phi) is 5.58. The van der Waals surface area contributed by atoms with Crippen LogP contribution in [0.2, 0.25) is 0 Å². The van der Waals surface area contributed by atoms with Crippen molar-refractivity contribution in [2.45, 2.75) is 17.4 Å². The van der Waals surface area contributed by atoms with Gasteiger partial charge in [0.25, 0.3) is 0 Å². The maximum absolute atomic E-state index is 12.8. The van der Waals surface area contributed by atoms with Crippen molar-refractivity contribution >= 4 is 15.9 Å². The molecule has 0 spiro atoms. The van der Waals surface area contributed by atoms with Crippen molar-refractivity contribution < 1.29 is 17.9 Å². The number of rotatable bonds is 7. The maximum Gasteiger partial charge on any atom is 0.243 e. The molecule has 0 aliphatic rings. The molecule has 0 aromatic heterocycles.